The van der Waals surface area contributed by atoms with E-state index < -0.39 is 0 Å². The van der Waals surface area contributed by atoms with Crippen molar-refractivity contribution >= 4 is 11.6 Å². The summed E-state index contributed by atoms with van der Waals surface area (Å²) in [6, 6.07) is 0. The second kappa shape index (κ2) is 3.92. The summed E-state index contributed by atoms with van der Waals surface area (Å²) >= 11 is 6.59. The Morgan fingerprint density at radius 2 is 1.47 bits per heavy atom. The molecular formula is C13H24ClN. The summed E-state index contributed by atoms with van der Waals surface area (Å²) in [4.78, 5) is 0. The van der Waals surface area contributed by atoms with Gasteiger partial charge in [-0.2, -0.15) is 0 Å². The molecule has 1 unspecified atom stereocenters. The molecule has 4 aliphatic rings. The summed E-state index contributed by atoms with van der Waals surface area (Å²) in [5.41, 5.74) is 0.574. The highest BCUT2D eigenvalue weighted by atomic mass is 35.5. The predicted molar refractivity (Wildman–Crippen MR) is 65.6 cm³/mol. The molecule has 4 saturated carbocycles. The van der Waals surface area contributed by atoms with E-state index in [0.29, 0.717) is 10.8 Å². The van der Waals surface area contributed by atoms with Crippen LogP contribution in [0, 0.1) is 23.2 Å². The Hall–Kier alpha value is 0.250. The standard InChI is InChI=1S/C13H21Cl.H3N/c1-2-12(14)13-6-9-3-10(7-13)5-11(4-9)8-13;/h9-12H,2-8H2,1H3;1H3. The van der Waals surface area contributed by atoms with Crippen molar-refractivity contribution in [3.63, 3.8) is 0 Å². The van der Waals surface area contributed by atoms with E-state index in [2.05, 4.69) is 6.92 Å². The second-order valence-electron chi connectivity index (χ2n) is 6.16. The normalized spacial score (nSPS) is 48.8. The Kier molecular flexibility index (Phi) is 3.07. The molecule has 0 aromatic rings. The Morgan fingerprint density at radius 3 is 1.80 bits per heavy atom. The maximum atomic E-state index is 6.59. The molecule has 0 aromatic heterocycles. The van der Waals surface area contributed by atoms with Gasteiger partial charge in [-0.25, -0.2) is 0 Å². The first kappa shape index (κ1) is 11.7. The van der Waals surface area contributed by atoms with Gasteiger partial charge in [-0.1, -0.05) is 6.92 Å². The summed E-state index contributed by atoms with van der Waals surface area (Å²) in [6.45, 7) is 2.26. The predicted octanol–water partition coefficient (Wildman–Crippen LogP) is 4.38. The lowest BCUT2D eigenvalue weighted by molar-refractivity contribution is -0.0549. The molecule has 0 aliphatic heterocycles. The smallest absolute Gasteiger partial charge is 0.0390 e. The number of halogens is 1. The van der Waals surface area contributed by atoms with Crippen molar-refractivity contribution in [3.05, 3.63) is 0 Å². The molecule has 0 spiro atoms. The average molecular weight is 230 g/mol. The van der Waals surface area contributed by atoms with Gasteiger partial charge in [0.1, 0.15) is 0 Å². The molecule has 88 valence electrons. The van der Waals surface area contributed by atoms with Crippen molar-refractivity contribution in [2.24, 2.45) is 23.2 Å². The Morgan fingerprint density at radius 1 is 1.07 bits per heavy atom. The first-order valence-corrected chi connectivity index (χ1v) is 6.79. The number of alkyl halides is 1. The lowest BCUT2D eigenvalue weighted by Gasteiger charge is -2.58. The van der Waals surface area contributed by atoms with Crippen LogP contribution >= 0.6 is 11.6 Å². The van der Waals surface area contributed by atoms with Crippen LogP contribution in [0.1, 0.15) is 51.9 Å². The third kappa shape index (κ3) is 1.72. The van der Waals surface area contributed by atoms with Gasteiger partial charge in [0.15, 0.2) is 0 Å². The van der Waals surface area contributed by atoms with Crippen LogP contribution in [0.5, 0.6) is 0 Å². The van der Waals surface area contributed by atoms with Gasteiger partial charge < -0.3 is 6.15 Å². The molecule has 0 heterocycles. The Balaban J connectivity index is 0.000000853. The van der Waals surface area contributed by atoms with E-state index >= 15 is 0 Å². The molecule has 3 N–H and O–H groups in total. The maximum absolute atomic E-state index is 6.59. The lowest BCUT2D eigenvalue weighted by atomic mass is 9.48. The zero-order chi connectivity index (χ0) is 9.76. The molecule has 2 heteroatoms. The monoisotopic (exact) mass is 229 g/mol. The van der Waals surface area contributed by atoms with Gasteiger partial charge in [0.2, 0.25) is 0 Å². The van der Waals surface area contributed by atoms with Gasteiger partial charge in [-0.3, -0.25) is 0 Å². The van der Waals surface area contributed by atoms with Crippen LogP contribution in [0.15, 0.2) is 0 Å². The zero-order valence-electron chi connectivity index (χ0n) is 9.84. The Labute approximate surface area is 98.5 Å². The fourth-order valence-electron chi connectivity index (χ4n) is 4.99. The highest BCUT2D eigenvalue weighted by Crippen LogP contribution is 2.62. The maximum Gasteiger partial charge on any atom is 0.0390 e. The van der Waals surface area contributed by atoms with Gasteiger partial charge in [-0.05, 0) is 68.1 Å². The van der Waals surface area contributed by atoms with E-state index in [1.165, 1.54) is 44.9 Å². The quantitative estimate of drug-likeness (QED) is 0.701. The van der Waals surface area contributed by atoms with E-state index in [0.717, 1.165) is 17.8 Å². The minimum absolute atomic E-state index is 0. The molecular weight excluding hydrogens is 206 g/mol. The van der Waals surface area contributed by atoms with Crippen molar-refractivity contribution in [3.8, 4) is 0 Å². The molecule has 0 aromatic carbocycles. The molecule has 0 amide bonds. The summed E-state index contributed by atoms with van der Waals surface area (Å²) < 4.78 is 0. The van der Waals surface area contributed by atoms with E-state index in [4.69, 9.17) is 11.6 Å². The van der Waals surface area contributed by atoms with Crippen LogP contribution in [0.4, 0.5) is 0 Å². The minimum Gasteiger partial charge on any atom is -0.344 e. The third-order valence-electron chi connectivity index (χ3n) is 5.11. The lowest BCUT2D eigenvalue weighted by Crippen LogP contribution is -2.50. The van der Waals surface area contributed by atoms with Crippen molar-refractivity contribution in [1.29, 1.82) is 0 Å². The molecule has 15 heavy (non-hydrogen) atoms. The van der Waals surface area contributed by atoms with Gasteiger partial charge >= 0.3 is 0 Å². The van der Waals surface area contributed by atoms with E-state index in [9.17, 15) is 0 Å². The van der Waals surface area contributed by atoms with Gasteiger partial charge in [0, 0.05) is 5.38 Å². The van der Waals surface area contributed by atoms with Crippen LogP contribution in [0.25, 0.3) is 0 Å². The Bertz CT molecular complexity index is 203. The molecule has 4 aliphatic carbocycles. The minimum atomic E-state index is 0. The van der Waals surface area contributed by atoms with Gasteiger partial charge in [0.25, 0.3) is 0 Å². The number of rotatable bonds is 2. The first-order chi connectivity index (χ1) is 6.72. The average Bonchev–Trinajstić information content (AvgIpc) is 2.14. The van der Waals surface area contributed by atoms with Crippen molar-refractivity contribution in [1.82, 2.24) is 6.15 Å². The molecule has 0 saturated heterocycles. The number of hydrogen-bond acceptors (Lipinski definition) is 1. The second-order valence-corrected chi connectivity index (χ2v) is 6.68. The summed E-state index contributed by atoms with van der Waals surface area (Å²) in [5.74, 6) is 3.15. The molecule has 0 radical (unpaired) electrons. The van der Waals surface area contributed by atoms with Gasteiger partial charge in [-0.15, -0.1) is 11.6 Å². The van der Waals surface area contributed by atoms with Crippen molar-refractivity contribution < 1.29 is 0 Å². The highest BCUT2D eigenvalue weighted by Gasteiger charge is 2.53. The third-order valence-corrected chi connectivity index (χ3v) is 5.88. The summed E-state index contributed by atoms with van der Waals surface area (Å²) in [7, 11) is 0. The summed E-state index contributed by atoms with van der Waals surface area (Å²) in [5, 5.41) is 0.468. The van der Waals surface area contributed by atoms with Crippen LogP contribution in [0.3, 0.4) is 0 Å². The first-order valence-electron chi connectivity index (χ1n) is 6.36. The zero-order valence-corrected chi connectivity index (χ0v) is 10.6. The fraction of sp³-hybridized carbons (Fsp3) is 1.00. The largest absolute Gasteiger partial charge is 0.344 e. The van der Waals surface area contributed by atoms with Crippen LogP contribution in [-0.4, -0.2) is 5.38 Å². The molecule has 1 nitrogen and oxygen atoms in total. The van der Waals surface area contributed by atoms with Crippen molar-refractivity contribution in [2.75, 3.05) is 0 Å². The molecule has 4 rings (SSSR count). The molecule has 1 atom stereocenters. The van der Waals surface area contributed by atoms with Crippen LogP contribution in [-0.2, 0) is 0 Å². The molecule has 4 fully saturated rings. The number of hydrogen-bond donors (Lipinski definition) is 1. The van der Waals surface area contributed by atoms with Gasteiger partial charge in [0.05, 0.1) is 0 Å². The van der Waals surface area contributed by atoms with E-state index in [1.54, 1.807) is 0 Å². The van der Waals surface area contributed by atoms with E-state index in [-0.39, 0.29) is 6.15 Å². The topological polar surface area (TPSA) is 35.0 Å². The van der Waals surface area contributed by atoms with Crippen LogP contribution < -0.4 is 6.15 Å². The highest BCUT2D eigenvalue weighted by molar-refractivity contribution is 6.21. The summed E-state index contributed by atoms with van der Waals surface area (Å²) in [6.07, 6.45) is 10.2. The fourth-order valence-corrected chi connectivity index (χ4v) is 5.26. The molecule has 4 bridgehead atoms. The van der Waals surface area contributed by atoms with E-state index in [1.807, 2.05) is 0 Å². The van der Waals surface area contributed by atoms with Crippen molar-refractivity contribution in [2.45, 2.75) is 57.2 Å². The SMILES string of the molecule is CCC(Cl)C12CC3CC(CC(C3)C1)C2.N. The van der Waals surface area contributed by atoms with Crippen LogP contribution in [0.2, 0.25) is 0 Å².